The molecule has 4 aliphatic heterocycles. The van der Waals surface area contributed by atoms with E-state index in [1.807, 2.05) is 0 Å². The largest absolute Gasteiger partial charge is 0.479 e. The van der Waals surface area contributed by atoms with Crippen molar-refractivity contribution in [2.75, 3.05) is 145 Å². The van der Waals surface area contributed by atoms with Crippen LogP contribution in [-0.2, 0) is 134 Å². The number of carboxylic acids is 2. The number of aliphatic hydroxyl groups excluding tert-OH is 7. The third-order valence-electron chi connectivity index (χ3n) is 15.9. The molecule has 0 saturated carbocycles. The number of aliphatic hydroxyl groups is 7. The van der Waals surface area contributed by atoms with Crippen LogP contribution in [0.2, 0.25) is 0 Å². The highest BCUT2D eigenvalue weighted by atomic mass is 32.3. The van der Waals surface area contributed by atoms with Gasteiger partial charge in [0.05, 0.1) is 118 Å². The second kappa shape index (κ2) is 49.7. The Kier molecular flexibility index (Phi) is 44.0. The number of aliphatic carboxylic acids is 2. The Morgan fingerprint density at radius 3 is 1.25 bits per heavy atom. The van der Waals surface area contributed by atoms with E-state index in [9.17, 15) is 96.1 Å². The minimum Gasteiger partial charge on any atom is -0.479 e. The maximum absolute atomic E-state index is 12.6. The third kappa shape index (κ3) is 35.2. The molecule has 42 nitrogen and oxygen atoms in total. The number of unbranched alkanes of at least 4 members (excludes halogenated alkanes) is 3. The maximum Gasteiger partial charge on any atom is 0.397 e. The Morgan fingerprint density at radius 1 is 0.388 bits per heavy atom. The van der Waals surface area contributed by atoms with Gasteiger partial charge in [-0.3, -0.25) is 23.5 Å². The standard InChI is InChI=1S/C59H103N3O39S2/c1-35-42(67)44(69)37(33-93-102(78,79)80)95-56(35)98-51-46(71)48(73)59(101-53(51)55(76)77)97-49-38(34-94-103(81,82)83)96-57(36(2)43(49)68)99-50-45(70)47(72)58(100-52(50)54(74)75)92-19-6-4-3-5-12-60-39(64)11-22-87-26-30-91-32-28-89-24-14-62-41(66)10-21-85-18-8-17-84-20-9-40(65)61-13-23-88-27-31-90-29-25-86-16-7-15-63/h15,35-38,42-53,56-59,67-73H,3-14,16-34H2,1-2H3,(H,60,64)(H,61,65)(H,62,66)(H,74,75)(H,76,77)(H,78,79,80)(H,81,82,83). The van der Waals surface area contributed by atoms with Gasteiger partial charge in [0.25, 0.3) is 0 Å². The summed E-state index contributed by atoms with van der Waals surface area (Å²) in [6.45, 7) is 6.17. The number of carboxylic acid groups (broad SMARTS) is 2. The van der Waals surface area contributed by atoms with Gasteiger partial charge in [0, 0.05) is 77.0 Å². The van der Waals surface area contributed by atoms with Crippen molar-refractivity contribution >= 4 is 56.7 Å². The van der Waals surface area contributed by atoms with Crippen LogP contribution in [0.4, 0.5) is 0 Å². The molecule has 44 heteroatoms. The van der Waals surface area contributed by atoms with Gasteiger partial charge in [0.2, 0.25) is 17.7 Å². The van der Waals surface area contributed by atoms with Gasteiger partial charge < -0.3 is 142 Å². The van der Waals surface area contributed by atoms with Crippen molar-refractivity contribution in [3.05, 3.63) is 0 Å². The summed E-state index contributed by atoms with van der Waals surface area (Å²) >= 11 is 0. The predicted molar refractivity (Wildman–Crippen MR) is 339 cm³/mol. The van der Waals surface area contributed by atoms with Gasteiger partial charge in [0.1, 0.15) is 67.3 Å². The van der Waals surface area contributed by atoms with Crippen molar-refractivity contribution in [1.82, 2.24) is 16.0 Å². The highest BCUT2D eigenvalue weighted by molar-refractivity contribution is 7.81. The van der Waals surface area contributed by atoms with E-state index in [1.165, 1.54) is 13.8 Å². The van der Waals surface area contributed by atoms with Crippen LogP contribution in [0.1, 0.15) is 71.6 Å². The lowest BCUT2D eigenvalue weighted by atomic mass is 9.91. The first-order chi connectivity index (χ1) is 49.0. The van der Waals surface area contributed by atoms with Crippen LogP contribution in [0.5, 0.6) is 0 Å². The van der Waals surface area contributed by atoms with Crippen molar-refractivity contribution in [2.45, 2.75) is 182 Å². The first kappa shape index (κ1) is 91.2. The van der Waals surface area contributed by atoms with Crippen molar-refractivity contribution in [2.24, 2.45) is 11.8 Å². The Morgan fingerprint density at radius 2 is 0.777 bits per heavy atom. The number of aldehydes is 1. The Hall–Kier alpha value is -4.16. The number of carbonyl (C=O) groups is 6. The second-order valence-corrected chi connectivity index (χ2v) is 26.0. The summed E-state index contributed by atoms with van der Waals surface area (Å²) in [4.78, 5) is 71.7. The third-order valence-corrected chi connectivity index (χ3v) is 16.7. The van der Waals surface area contributed by atoms with Gasteiger partial charge in [-0.2, -0.15) is 16.8 Å². The zero-order chi connectivity index (χ0) is 75.9. The molecule has 0 bridgehead atoms. The van der Waals surface area contributed by atoms with E-state index in [1.54, 1.807) is 0 Å². The lowest BCUT2D eigenvalue weighted by Crippen LogP contribution is -2.66. The molecule has 0 radical (unpaired) electrons. The van der Waals surface area contributed by atoms with Gasteiger partial charge in [-0.15, -0.1) is 0 Å². The number of hydrogen-bond donors (Lipinski definition) is 14. The second-order valence-electron chi connectivity index (χ2n) is 23.8. The van der Waals surface area contributed by atoms with E-state index in [-0.39, 0.29) is 96.4 Å². The van der Waals surface area contributed by atoms with Gasteiger partial charge >= 0.3 is 32.7 Å². The molecule has 3 amide bonds. The van der Waals surface area contributed by atoms with Crippen molar-refractivity contribution in [3.8, 4) is 0 Å². The normalized spacial score (nSPS) is 29.8. The summed E-state index contributed by atoms with van der Waals surface area (Å²) in [7, 11) is -10.4. The van der Waals surface area contributed by atoms with E-state index in [4.69, 9.17) is 80.3 Å². The van der Waals surface area contributed by atoms with Gasteiger partial charge in [-0.25, -0.2) is 18.0 Å². The molecule has 20 atom stereocenters. The van der Waals surface area contributed by atoms with Crippen LogP contribution in [0.25, 0.3) is 0 Å². The number of rotatable bonds is 56. The summed E-state index contributed by atoms with van der Waals surface area (Å²) in [5.74, 6) is -6.89. The van der Waals surface area contributed by atoms with E-state index >= 15 is 0 Å². The van der Waals surface area contributed by atoms with Crippen molar-refractivity contribution in [3.63, 3.8) is 0 Å². The van der Waals surface area contributed by atoms with Crippen molar-refractivity contribution in [1.29, 1.82) is 0 Å². The van der Waals surface area contributed by atoms with Gasteiger partial charge in [-0.1, -0.05) is 26.7 Å². The van der Waals surface area contributed by atoms with Gasteiger partial charge in [-0.05, 0) is 19.3 Å². The fourth-order valence-electron chi connectivity index (χ4n) is 10.2. The molecule has 0 aromatic heterocycles. The molecule has 20 unspecified atom stereocenters. The molecule has 4 fully saturated rings. The molecule has 4 saturated heterocycles. The SMILES string of the molecule is CC1C(OC2C(C(=O)O)OC(OC3C(COS(=O)(=O)O)OC(OC4C(C(=O)O)OC(OCCCCCCNC(=O)CCOCCOCCOCCNC(=O)CCOCCCOCCC(=O)NCCOCCOCCOCCC=O)C(O)C4O)C(C)C3O)C(O)C2O)OC(COS(=O)(=O)O)C(O)C1O. The summed E-state index contributed by atoms with van der Waals surface area (Å²) in [6, 6.07) is 0. The Bertz CT molecular complexity index is 2660. The molecule has 4 rings (SSSR count). The maximum atomic E-state index is 12.6. The molecule has 0 aromatic rings. The first-order valence-corrected chi connectivity index (χ1v) is 36.3. The smallest absolute Gasteiger partial charge is 0.397 e. The zero-order valence-electron chi connectivity index (χ0n) is 57.2. The average molecular weight is 1540 g/mol. The minimum absolute atomic E-state index is 0.0921. The number of ether oxygens (including phenoxy) is 16. The molecule has 0 spiro atoms. The summed E-state index contributed by atoms with van der Waals surface area (Å²) in [5.41, 5.74) is 0. The molecule has 4 aliphatic rings. The highest BCUT2D eigenvalue weighted by Gasteiger charge is 2.57. The fourth-order valence-corrected chi connectivity index (χ4v) is 10.9. The fraction of sp³-hybridized carbons (Fsp3) is 0.898. The predicted octanol–water partition coefficient (Wildman–Crippen LogP) is -6.14. The quantitative estimate of drug-likeness (QED) is 0.0153. The molecular weight excluding hydrogens is 1440 g/mol. The van der Waals surface area contributed by atoms with Crippen LogP contribution in [0.15, 0.2) is 0 Å². The summed E-state index contributed by atoms with van der Waals surface area (Å²) in [5, 5.41) is 106. The highest BCUT2D eigenvalue weighted by Crippen LogP contribution is 2.37. The molecular formula is C59H103N3O39S2. The average Bonchev–Trinajstić information content (AvgIpc) is 0.774. The molecule has 4 heterocycles. The monoisotopic (exact) mass is 1540 g/mol. The lowest BCUT2D eigenvalue weighted by Gasteiger charge is -2.49. The van der Waals surface area contributed by atoms with E-state index in [0.29, 0.717) is 111 Å². The molecule has 0 aliphatic carbocycles. The zero-order valence-corrected chi connectivity index (χ0v) is 58.8. The topological polar surface area (TPSA) is 595 Å². The summed E-state index contributed by atoms with van der Waals surface area (Å²) < 4.78 is 161. The van der Waals surface area contributed by atoms with Gasteiger partial charge in [0.15, 0.2) is 37.4 Å². The molecule has 14 N–H and O–H groups in total. The van der Waals surface area contributed by atoms with E-state index < -0.39 is 168 Å². The number of hydrogen-bond acceptors (Lipinski definition) is 35. The summed E-state index contributed by atoms with van der Waals surface area (Å²) in [6.07, 6.45) is -31.9. The van der Waals surface area contributed by atoms with Crippen LogP contribution >= 0.6 is 0 Å². The van der Waals surface area contributed by atoms with Crippen LogP contribution in [0, 0.1) is 11.8 Å². The minimum atomic E-state index is -5.32. The van der Waals surface area contributed by atoms with Crippen molar-refractivity contribution < 1.29 is 185 Å². The Balaban J connectivity index is 1.03. The Labute approximate surface area is 594 Å². The van der Waals surface area contributed by atoms with Crippen LogP contribution in [-0.4, -0.2) is 364 Å². The molecule has 103 heavy (non-hydrogen) atoms. The number of carbonyl (C=O) groups excluding carboxylic acids is 4. The van der Waals surface area contributed by atoms with E-state index in [2.05, 4.69) is 24.3 Å². The lowest BCUT2D eigenvalue weighted by molar-refractivity contribution is -0.376. The first-order valence-electron chi connectivity index (χ1n) is 33.6. The van der Waals surface area contributed by atoms with E-state index in [0.717, 1.165) is 6.29 Å². The van der Waals surface area contributed by atoms with Crippen LogP contribution in [0.3, 0.4) is 0 Å². The molecule has 600 valence electrons. The number of nitrogens with one attached hydrogen (secondary N) is 3. The van der Waals surface area contributed by atoms with Crippen LogP contribution < -0.4 is 16.0 Å². The number of amides is 3. The molecule has 0 aromatic carbocycles.